The summed E-state index contributed by atoms with van der Waals surface area (Å²) in [5.74, 6) is 1.27. The highest BCUT2D eigenvalue weighted by atomic mass is 35.5. The molecule has 4 nitrogen and oxygen atoms in total. The summed E-state index contributed by atoms with van der Waals surface area (Å²) < 4.78 is 0. The quantitative estimate of drug-likeness (QED) is 0.842. The first-order chi connectivity index (χ1) is 12.1. The van der Waals surface area contributed by atoms with Gasteiger partial charge in [0, 0.05) is 25.6 Å². The molecule has 2 N–H and O–H groups in total. The van der Waals surface area contributed by atoms with Gasteiger partial charge >= 0.3 is 0 Å². The van der Waals surface area contributed by atoms with Crippen molar-refractivity contribution in [3.05, 3.63) is 29.3 Å². The third kappa shape index (κ3) is 5.11. The highest BCUT2D eigenvalue weighted by molar-refractivity contribution is 6.33. The van der Waals surface area contributed by atoms with Crippen molar-refractivity contribution < 1.29 is 4.79 Å². The Balaban J connectivity index is 1.50. The maximum Gasteiger partial charge on any atom is 0.220 e. The number of para-hydroxylation sites is 1. The van der Waals surface area contributed by atoms with Gasteiger partial charge in [0.2, 0.25) is 5.91 Å². The van der Waals surface area contributed by atoms with Crippen molar-refractivity contribution in [2.45, 2.75) is 45.1 Å². The number of piperidine rings is 2. The Kier molecular flexibility index (Phi) is 6.60. The molecule has 0 aromatic heterocycles. The summed E-state index contributed by atoms with van der Waals surface area (Å²) in [7, 11) is 0. The maximum absolute atomic E-state index is 12.5. The van der Waals surface area contributed by atoms with Gasteiger partial charge < -0.3 is 15.5 Å². The van der Waals surface area contributed by atoms with Crippen molar-refractivity contribution in [3.8, 4) is 0 Å². The van der Waals surface area contributed by atoms with E-state index in [4.69, 9.17) is 11.6 Å². The predicted molar refractivity (Wildman–Crippen MR) is 104 cm³/mol. The van der Waals surface area contributed by atoms with Crippen molar-refractivity contribution in [2.75, 3.05) is 31.1 Å². The number of amides is 1. The Morgan fingerprint density at radius 3 is 2.96 bits per heavy atom. The van der Waals surface area contributed by atoms with Gasteiger partial charge in [-0.2, -0.15) is 0 Å². The second kappa shape index (κ2) is 8.91. The molecule has 3 atom stereocenters. The molecule has 0 radical (unpaired) electrons. The van der Waals surface area contributed by atoms with Crippen LogP contribution in [0.3, 0.4) is 0 Å². The lowest BCUT2D eigenvalue weighted by molar-refractivity contribution is -0.123. The van der Waals surface area contributed by atoms with Crippen LogP contribution in [-0.2, 0) is 4.79 Å². The van der Waals surface area contributed by atoms with Crippen LogP contribution in [-0.4, -0.2) is 38.1 Å². The second-order valence-corrected chi connectivity index (χ2v) is 8.00. The highest BCUT2D eigenvalue weighted by Crippen LogP contribution is 2.28. The van der Waals surface area contributed by atoms with Crippen LogP contribution in [0.15, 0.2) is 24.3 Å². The average molecular weight is 364 g/mol. The van der Waals surface area contributed by atoms with Gasteiger partial charge in [-0.3, -0.25) is 4.79 Å². The van der Waals surface area contributed by atoms with E-state index in [1.165, 1.54) is 12.8 Å². The molecule has 2 heterocycles. The van der Waals surface area contributed by atoms with Crippen LogP contribution in [0.2, 0.25) is 5.02 Å². The molecule has 2 aliphatic rings. The van der Waals surface area contributed by atoms with Gasteiger partial charge in [0.15, 0.2) is 0 Å². The normalized spacial score (nSPS) is 25.4. The SMILES string of the molecule is CC(CC(=O)NC1CCCN(c2ccccc2Cl)C1)C1CCCNC1. The molecule has 25 heavy (non-hydrogen) atoms. The largest absolute Gasteiger partial charge is 0.368 e. The Labute approximate surface area is 156 Å². The third-order valence-electron chi connectivity index (χ3n) is 5.63. The number of nitrogens with zero attached hydrogens (tertiary/aromatic N) is 1. The number of benzene rings is 1. The van der Waals surface area contributed by atoms with Gasteiger partial charge in [0.05, 0.1) is 10.7 Å². The molecule has 2 saturated heterocycles. The molecule has 3 unspecified atom stereocenters. The zero-order chi connectivity index (χ0) is 17.6. The summed E-state index contributed by atoms with van der Waals surface area (Å²) in [6, 6.07) is 8.18. The average Bonchev–Trinajstić information content (AvgIpc) is 2.63. The van der Waals surface area contributed by atoms with Crippen LogP contribution in [0.5, 0.6) is 0 Å². The summed E-state index contributed by atoms with van der Waals surface area (Å²) in [6.07, 6.45) is 5.23. The topological polar surface area (TPSA) is 44.4 Å². The Bertz CT molecular complexity index is 574. The van der Waals surface area contributed by atoms with Crippen molar-refractivity contribution in [1.29, 1.82) is 0 Å². The number of nitrogens with one attached hydrogen (secondary N) is 2. The molecule has 0 bridgehead atoms. The molecule has 2 aliphatic heterocycles. The number of halogens is 1. The zero-order valence-electron chi connectivity index (χ0n) is 15.1. The summed E-state index contributed by atoms with van der Waals surface area (Å²) >= 11 is 6.33. The molecule has 0 spiro atoms. The fourth-order valence-electron chi connectivity index (χ4n) is 4.13. The number of anilines is 1. The van der Waals surface area contributed by atoms with E-state index < -0.39 is 0 Å². The summed E-state index contributed by atoms with van der Waals surface area (Å²) in [6.45, 7) is 6.23. The van der Waals surface area contributed by atoms with E-state index in [9.17, 15) is 4.79 Å². The van der Waals surface area contributed by atoms with Crippen molar-refractivity contribution in [1.82, 2.24) is 10.6 Å². The van der Waals surface area contributed by atoms with Crippen molar-refractivity contribution in [2.24, 2.45) is 11.8 Å². The van der Waals surface area contributed by atoms with Crippen LogP contribution in [0.25, 0.3) is 0 Å². The number of rotatable bonds is 5. The first kappa shape index (κ1) is 18.5. The van der Waals surface area contributed by atoms with Crippen LogP contribution < -0.4 is 15.5 Å². The first-order valence-electron chi connectivity index (χ1n) is 9.63. The Morgan fingerprint density at radius 1 is 1.36 bits per heavy atom. The highest BCUT2D eigenvalue weighted by Gasteiger charge is 2.25. The smallest absolute Gasteiger partial charge is 0.220 e. The van der Waals surface area contributed by atoms with E-state index in [1.807, 2.05) is 18.2 Å². The fraction of sp³-hybridized carbons (Fsp3) is 0.650. The lowest BCUT2D eigenvalue weighted by Crippen LogP contribution is -2.48. The number of hydrogen-bond donors (Lipinski definition) is 2. The molecule has 138 valence electrons. The molecule has 5 heteroatoms. The Morgan fingerprint density at radius 2 is 2.20 bits per heavy atom. The van der Waals surface area contributed by atoms with E-state index in [1.54, 1.807) is 0 Å². The number of carbonyl (C=O) groups is 1. The van der Waals surface area contributed by atoms with Crippen molar-refractivity contribution >= 4 is 23.2 Å². The Hall–Kier alpha value is -1.26. The standard InChI is InChI=1S/C20H30ClN3O/c1-15(16-6-4-10-22-13-16)12-20(25)23-17-7-5-11-24(14-17)19-9-3-2-8-18(19)21/h2-3,8-9,15-17,22H,4-7,10-14H2,1H3,(H,23,25). The van der Waals surface area contributed by atoms with Gasteiger partial charge in [-0.05, 0) is 62.7 Å². The summed E-state index contributed by atoms with van der Waals surface area (Å²) in [5, 5.41) is 7.50. The van der Waals surface area contributed by atoms with Crippen LogP contribution >= 0.6 is 11.6 Å². The monoisotopic (exact) mass is 363 g/mol. The molecular weight excluding hydrogens is 334 g/mol. The first-order valence-corrected chi connectivity index (χ1v) is 10.0. The minimum Gasteiger partial charge on any atom is -0.368 e. The van der Waals surface area contributed by atoms with Crippen molar-refractivity contribution in [3.63, 3.8) is 0 Å². The minimum absolute atomic E-state index is 0.198. The molecule has 0 aliphatic carbocycles. The fourth-order valence-corrected chi connectivity index (χ4v) is 4.39. The molecule has 1 aromatic carbocycles. The second-order valence-electron chi connectivity index (χ2n) is 7.59. The third-order valence-corrected chi connectivity index (χ3v) is 5.95. The van der Waals surface area contributed by atoms with Crippen LogP contribution in [0, 0.1) is 11.8 Å². The lowest BCUT2D eigenvalue weighted by Gasteiger charge is -2.35. The predicted octanol–water partition coefficient (Wildman–Crippen LogP) is 3.45. The summed E-state index contributed by atoms with van der Waals surface area (Å²) in [5.41, 5.74) is 1.07. The molecule has 0 saturated carbocycles. The molecule has 3 rings (SSSR count). The van der Waals surface area contributed by atoms with Gasteiger partial charge in [0.1, 0.15) is 0 Å². The van der Waals surface area contributed by atoms with Gasteiger partial charge in [-0.1, -0.05) is 30.7 Å². The minimum atomic E-state index is 0.198. The molecular formula is C20H30ClN3O. The van der Waals surface area contributed by atoms with E-state index >= 15 is 0 Å². The number of hydrogen-bond acceptors (Lipinski definition) is 3. The van der Waals surface area contributed by atoms with E-state index in [-0.39, 0.29) is 11.9 Å². The molecule has 2 fully saturated rings. The van der Waals surface area contributed by atoms with E-state index in [0.717, 1.165) is 49.7 Å². The summed E-state index contributed by atoms with van der Waals surface area (Å²) in [4.78, 5) is 14.8. The van der Waals surface area contributed by atoms with Gasteiger partial charge in [-0.15, -0.1) is 0 Å². The van der Waals surface area contributed by atoms with E-state index in [2.05, 4.69) is 28.5 Å². The van der Waals surface area contributed by atoms with Crippen LogP contribution in [0.1, 0.15) is 39.0 Å². The maximum atomic E-state index is 12.5. The van der Waals surface area contributed by atoms with E-state index in [0.29, 0.717) is 18.3 Å². The molecule has 1 aromatic rings. The number of carbonyl (C=O) groups excluding carboxylic acids is 1. The van der Waals surface area contributed by atoms with Gasteiger partial charge in [0.25, 0.3) is 0 Å². The molecule has 1 amide bonds. The zero-order valence-corrected chi connectivity index (χ0v) is 15.9. The van der Waals surface area contributed by atoms with Crippen LogP contribution in [0.4, 0.5) is 5.69 Å². The van der Waals surface area contributed by atoms with Gasteiger partial charge in [-0.25, -0.2) is 0 Å². The lowest BCUT2D eigenvalue weighted by atomic mass is 9.85.